The molecule has 2 heterocycles. The molecule has 3 aromatic rings. The van der Waals surface area contributed by atoms with Gasteiger partial charge < -0.3 is 20.5 Å². The van der Waals surface area contributed by atoms with Crippen LogP contribution in [0.2, 0.25) is 0 Å². The fourth-order valence-electron chi connectivity index (χ4n) is 2.76. The van der Waals surface area contributed by atoms with Gasteiger partial charge in [0, 0.05) is 6.54 Å². The lowest BCUT2D eigenvalue weighted by Gasteiger charge is -2.15. The van der Waals surface area contributed by atoms with Crippen molar-refractivity contribution in [2.24, 2.45) is 0 Å². The van der Waals surface area contributed by atoms with Gasteiger partial charge in [-0.15, -0.1) is 0 Å². The zero-order valence-corrected chi connectivity index (χ0v) is 13.3. The molecule has 0 fully saturated rings. The van der Waals surface area contributed by atoms with Crippen LogP contribution in [-0.2, 0) is 6.54 Å². The highest BCUT2D eigenvalue weighted by molar-refractivity contribution is 5.76. The van der Waals surface area contributed by atoms with Gasteiger partial charge in [-0.1, -0.05) is 18.2 Å². The van der Waals surface area contributed by atoms with Crippen LogP contribution < -0.4 is 20.5 Å². The normalized spacial score (nSPS) is 14.0. The summed E-state index contributed by atoms with van der Waals surface area (Å²) in [6.07, 6.45) is 0. The van der Waals surface area contributed by atoms with Crippen LogP contribution in [0.25, 0.3) is 11.0 Å². The largest absolute Gasteiger partial charge is 0.454 e. The molecule has 1 aliphatic heterocycles. The highest BCUT2D eigenvalue weighted by Crippen LogP contribution is 2.32. The van der Waals surface area contributed by atoms with Crippen molar-refractivity contribution >= 4 is 16.9 Å². The molecule has 2 aromatic carbocycles. The summed E-state index contributed by atoms with van der Waals surface area (Å²) in [6, 6.07) is 13.6. The van der Waals surface area contributed by atoms with Crippen molar-refractivity contribution in [1.82, 2.24) is 15.3 Å². The van der Waals surface area contributed by atoms with E-state index in [1.807, 2.05) is 49.4 Å². The van der Waals surface area contributed by atoms with Gasteiger partial charge in [0.05, 0.1) is 22.8 Å². The van der Waals surface area contributed by atoms with E-state index < -0.39 is 0 Å². The maximum atomic E-state index is 6.08. The van der Waals surface area contributed by atoms with Gasteiger partial charge in [-0.3, -0.25) is 0 Å². The van der Waals surface area contributed by atoms with E-state index >= 15 is 0 Å². The Morgan fingerprint density at radius 2 is 1.83 bits per heavy atom. The van der Waals surface area contributed by atoms with Gasteiger partial charge in [0.2, 0.25) is 6.79 Å². The smallest absolute Gasteiger partial charge is 0.231 e. The number of nitrogens with one attached hydrogen (secondary N) is 1. The molecule has 0 saturated heterocycles. The highest BCUT2D eigenvalue weighted by atomic mass is 16.7. The van der Waals surface area contributed by atoms with E-state index in [2.05, 4.69) is 15.3 Å². The monoisotopic (exact) mass is 322 g/mol. The highest BCUT2D eigenvalue weighted by Gasteiger charge is 2.15. The topological polar surface area (TPSA) is 82.3 Å². The van der Waals surface area contributed by atoms with Crippen LogP contribution >= 0.6 is 0 Å². The molecule has 0 bridgehead atoms. The number of fused-ring (bicyclic) bond motifs is 2. The summed E-state index contributed by atoms with van der Waals surface area (Å²) in [4.78, 5) is 9.09. The van der Waals surface area contributed by atoms with Gasteiger partial charge in [-0.05, 0) is 36.8 Å². The summed E-state index contributed by atoms with van der Waals surface area (Å²) in [6.45, 7) is 2.99. The average molecular weight is 322 g/mol. The Hall–Kier alpha value is -2.86. The molecular formula is C18H18N4O2. The number of nitrogen functional groups attached to an aromatic ring is 1. The van der Waals surface area contributed by atoms with Gasteiger partial charge in [0.15, 0.2) is 11.5 Å². The number of nitrogens with two attached hydrogens (primary N) is 1. The number of benzene rings is 2. The number of rotatable bonds is 4. The van der Waals surface area contributed by atoms with E-state index in [0.717, 1.165) is 33.8 Å². The van der Waals surface area contributed by atoms with E-state index in [-0.39, 0.29) is 12.8 Å². The quantitative estimate of drug-likeness (QED) is 0.768. The maximum Gasteiger partial charge on any atom is 0.231 e. The maximum absolute atomic E-state index is 6.08. The fourth-order valence-corrected chi connectivity index (χ4v) is 2.76. The summed E-state index contributed by atoms with van der Waals surface area (Å²) in [5, 5.41) is 3.43. The number of nitrogens with zero attached hydrogens (tertiary/aromatic N) is 2. The molecular weight excluding hydrogens is 304 g/mol. The molecule has 0 aliphatic carbocycles. The second-order valence-electron chi connectivity index (χ2n) is 5.77. The number of aromatic nitrogens is 2. The molecule has 1 atom stereocenters. The summed E-state index contributed by atoms with van der Waals surface area (Å²) >= 11 is 0. The van der Waals surface area contributed by atoms with E-state index in [0.29, 0.717) is 12.4 Å². The lowest BCUT2D eigenvalue weighted by Crippen LogP contribution is -2.21. The molecule has 6 nitrogen and oxygen atoms in total. The first-order valence-electron chi connectivity index (χ1n) is 7.85. The number of anilines is 1. The van der Waals surface area contributed by atoms with Crippen molar-refractivity contribution in [2.45, 2.75) is 19.5 Å². The molecule has 4 rings (SSSR count). The lowest BCUT2D eigenvalue weighted by molar-refractivity contribution is 0.174. The van der Waals surface area contributed by atoms with Crippen LogP contribution in [0.15, 0.2) is 42.5 Å². The van der Waals surface area contributed by atoms with Gasteiger partial charge in [-0.2, -0.15) is 0 Å². The molecule has 24 heavy (non-hydrogen) atoms. The van der Waals surface area contributed by atoms with Crippen LogP contribution in [-0.4, -0.2) is 16.8 Å². The number of hydrogen-bond acceptors (Lipinski definition) is 6. The third kappa shape index (κ3) is 2.72. The van der Waals surface area contributed by atoms with Crippen molar-refractivity contribution < 1.29 is 9.47 Å². The summed E-state index contributed by atoms with van der Waals surface area (Å²) in [5.74, 6) is 2.03. The van der Waals surface area contributed by atoms with E-state index in [9.17, 15) is 0 Å². The summed E-state index contributed by atoms with van der Waals surface area (Å²) < 4.78 is 10.7. The van der Waals surface area contributed by atoms with Crippen LogP contribution in [0.5, 0.6) is 11.5 Å². The van der Waals surface area contributed by atoms with Gasteiger partial charge in [0.1, 0.15) is 5.82 Å². The molecule has 6 heteroatoms. The molecule has 0 unspecified atom stereocenters. The van der Waals surface area contributed by atoms with Crippen LogP contribution in [0, 0.1) is 0 Å². The second-order valence-corrected chi connectivity index (χ2v) is 5.77. The van der Waals surface area contributed by atoms with Crippen molar-refractivity contribution in [3.63, 3.8) is 0 Å². The number of hydrogen-bond donors (Lipinski definition) is 2. The molecule has 0 saturated carbocycles. The molecule has 1 aliphatic rings. The fraction of sp³-hybridized carbons (Fsp3) is 0.222. The lowest BCUT2D eigenvalue weighted by atomic mass is 10.1. The molecule has 0 amide bonds. The summed E-state index contributed by atoms with van der Waals surface area (Å²) in [7, 11) is 0. The minimum Gasteiger partial charge on any atom is -0.454 e. The number of para-hydroxylation sites is 2. The van der Waals surface area contributed by atoms with Gasteiger partial charge >= 0.3 is 0 Å². The number of ether oxygens (including phenoxy) is 2. The molecule has 0 radical (unpaired) electrons. The van der Waals surface area contributed by atoms with Crippen LogP contribution in [0.4, 0.5) is 5.82 Å². The van der Waals surface area contributed by atoms with Crippen LogP contribution in [0.1, 0.15) is 24.2 Å². The Labute approximate surface area is 139 Å². The zero-order chi connectivity index (χ0) is 16.5. The van der Waals surface area contributed by atoms with Crippen molar-refractivity contribution in [3.05, 3.63) is 53.7 Å². The van der Waals surface area contributed by atoms with E-state index in [4.69, 9.17) is 15.2 Å². The zero-order valence-electron chi connectivity index (χ0n) is 13.3. The Morgan fingerprint density at radius 3 is 2.67 bits per heavy atom. The Kier molecular flexibility index (Phi) is 3.66. The Bertz CT molecular complexity index is 897. The van der Waals surface area contributed by atoms with Crippen molar-refractivity contribution in [1.29, 1.82) is 0 Å². The Balaban J connectivity index is 1.52. The van der Waals surface area contributed by atoms with Crippen LogP contribution in [0.3, 0.4) is 0 Å². The predicted molar refractivity (Wildman–Crippen MR) is 91.8 cm³/mol. The molecule has 0 spiro atoms. The third-order valence-corrected chi connectivity index (χ3v) is 4.09. The molecule has 3 N–H and O–H groups in total. The van der Waals surface area contributed by atoms with Crippen molar-refractivity contribution in [3.8, 4) is 11.5 Å². The van der Waals surface area contributed by atoms with Crippen molar-refractivity contribution in [2.75, 3.05) is 12.5 Å². The minimum absolute atomic E-state index is 0.0208. The minimum atomic E-state index is -0.0208. The van der Waals surface area contributed by atoms with E-state index in [1.165, 1.54) is 0 Å². The Morgan fingerprint density at radius 1 is 1.08 bits per heavy atom. The molecule has 1 aromatic heterocycles. The first kappa shape index (κ1) is 14.7. The predicted octanol–water partition coefficient (Wildman–Crippen LogP) is 2.79. The van der Waals surface area contributed by atoms with Gasteiger partial charge in [0.25, 0.3) is 0 Å². The summed E-state index contributed by atoms with van der Waals surface area (Å²) in [5.41, 5.74) is 9.60. The standard InChI is InChI=1S/C18H18N4O2/c1-11(17-18(19)22-14-5-3-2-4-13(14)21-17)20-9-12-6-7-15-16(8-12)24-10-23-15/h2-8,11,20H,9-10H2,1H3,(H2,19,22)/t11-/m1/s1. The first-order valence-corrected chi connectivity index (χ1v) is 7.85. The molecule has 122 valence electrons. The third-order valence-electron chi connectivity index (χ3n) is 4.09. The van der Waals surface area contributed by atoms with Gasteiger partial charge in [-0.25, -0.2) is 9.97 Å². The first-order chi connectivity index (χ1) is 11.7. The average Bonchev–Trinajstić information content (AvgIpc) is 3.06. The second kappa shape index (κ2) is 5.98. The SMILES string of the molecule is C[C@@H](NCc1ccc2c(c1)OCO2)c1nc2ccccc2nc1N. The van der Waals surface area contributed by atoms with E-state index in [1.54, 1.807) is 0 Å².